The highest BCUT2D eigenvalue weighted by Gasteiger charge is 2.35. The third-order valence-electron chi connectivity index (χ3n) is 3.05. The molecule has 0 aromatic heterocycles. The molecule has 1 nitrogen and oxygen atoms in total. The van der Waals surface area contributed by atoms with E-state index >= 15 is 0 Å². The number of hydrogen-bond acceptors (Lipinski definition) is 1. The maximum Gasteiger partial charge on any atom is 0.0778 e. The average Bonchev–Trinajstić information content (AvgIpc) is 2.70. The Balaban J connectivity index is 2.32. The zero-order chi connectivity index (χ0) is 12.7. The van der Waals surface area contributed by atoms with E-state index in [-0.39, 0.29) is 17.6 Å². The highest BCUT2D eigenvalue weighted by Crippen LogP contribution is 2.32. The minimum absolute atomic E-state index is 0.151. The number of allylic oxidation sites excluding steroid dienone is 3. The zero-order valence-electron chi connectivity index (χ0n) is 10.6. The Bertz CT molecular complexity index is 265. The van der Waals surface area contributed by atoms with Crippen molar-refractivity contribution in [3.63, 3.8) is 0 Å². The first-order valence-electron chi connectivity index (χ1n) is 6.38. The van der Waals surface area contributed by atoms with Crippen LogP contribution < -0.4 is 0 Å². The molecular formula is C14H22BrClO. The zero-order valence-corrected chi connectivity index (χ0v) is 13.0. The third-order valence-corrected chi connectivity index (χ3v) is 4.74. The lowest BCUT2D eigenvalue weighted by Crippen LogP contribution is -2.20. The van der Waals surface area contributed by atoms with Crippen molar-refractivity contribution < 1.29 is 4.74 Å². The molecule has 0 N–H and O–H groups in total. The molecule has 1 fully saturated rings. The fourth-order valence-corrected chi connectivity index (χ4v) is 2.66. The van der Waals surface area contributed by atoms with Crippen LogP contribution in [0.15, 0.2) is 24.3 Å². The van der Waals surface area contributed by atoms with Crippen LogP contribution in [0.25, 0.3) is 0 Å². The van der Waals surface area contributed by atoms with E-state index in [0.717, 1.165) is 25.7 Å². The lowest BCUT2D eigenvalue weighted by Gasteiger charge is -2.16. The van der Waals surface area contributed by atoms with Crippen LogP contribution in [0.5, 0.6) is 0 Å². The van der Waals surface area contributed by atoms with Crippen LogP contribution in [-0.2, 0) is 4.74 Å². The predicted octanol–water partition coefficient (Wildman–Crippen LogP) is 4.84. The van der Waals surface area contributed by atoms with Gasteiger partial charge in [-0.25, -0.2) is 0 Å². The largest absolute Gasteiger partial charge is 0.372 e. The Morgan fingerprint density at radius 3 is 2.82 bits per heavy atom. The standard InChI is InChI=1S/C14H22BrClO/c1-3-5-6-7-8-9-13-12(16)10-14(17-13)11(15)4-2/h3,5,7-8,11-14H,4,6,9-10H2,1-2H3/b5-3+,8-7-/t11-,12-,13-,14-/m1/s1. The van der Waals surface area contributed by atoms with Crippen LogP contribution in [0.4, 0.5) is 0 Å². The molecule has 0 aliphatic carbocycles. The van der Waals surface area contributed by atoms with Gasteiger partial charge < -0.3 is 4.74 Å². The molecule has 1 aliphatic heterocycles. The minimum Gasteiger partial charge on any atom is -0.372 e. The molecule has 1 heterocycles. The van der Waals surface area contributed by atoms with Crippen LogP contribution in [0, 0.1) is 0 Å². The van der Waals surface area contributed by atoms with Crippen molar-refractivity contribution in [1.82, 2.24) is 0 Å². The summed E-state index contributed by atoms with van der Waals surface area (Å²) in [4.78, 5) is 0.431. The van der Waals surface area contributed by atoms with Gasteiger partial charge in [0.2, 0.25) is 0 Å². The van der Waals surface area contributed by atoms with Gasteiger partial charge in [0.05, 0.1) is 17.6 Å². The topological polar surface area (TPSA) is 9.23 Å². The maximum atomic E-state index is 6.32. The first-order valence-corrected chi connectivity index (χ1v) is 7.74. The van der Waals surface area contributed by atoms with Gasteiger partial charge in [0.25, 0.3) is 0 Å². The predicted molar refractivity (Wildman–Crippen MR) is 79.1 cm³/mol. The summed E-state index contributed by atoms with van der Waals surface area (Å²) in [7, 11) is 0. The van der Waals surface area contributed by atoms with E-state index in [1.807, 2.05) is 6.92 Å². The highest BCUT2D eigenvalue weighted by atomic mass is 79.9. The van der Waals surface area contributed by atoms with Gasteiger partial charge in [-0.15, -0.1) is 11.6 Å². The average molecular weight is 322 g/mol. The SMILES string of the molecule is C/C=C/C/C=C\C[C@H]1O[C@@H]([C@H](Br)CC)C[C@H]1Cl. The van der Waals surface area contributed by atoms with Crippen molar-refractivity contribution in [3.05, 3.63) is 24.3 Å². The molecule has 0 radical (unpaired) electrons. The molecule has 3 heteroatoms. The summed E-state index contributed by atoms with van der Waals surface area (Å²) in [6.07, 6.45) is 13.0. The van der Waals surface area contributed by atoms with Crippen LogP contribution >= 0.6 is 27.5 Å². The molecule has 0 aromatic carbocycles. The summed E-state index contributed by atoms with van der Waals surface area (Å²) >= 11 is 9.97. The van der Waals surface area contributed by atoms with Gasteiger partial charge in [0.15, 0.2) is 0 Å². The van der Waals surface area contributed by atoms with Gasteiger partial charge >= 0.3 is 0 Å². The quantitative estimate of drug-likeness (QED) is 0.502. The van der Waals surface area contributed by atoms with Crippen molar-refractivity contribution in [3.8, 4) is 0 Å². The Morgan fingerprint density at radius 2 is 2.18 bits per heavy atom. The van der Waals surface area contributed by atoms with Crippen LogP contribution in [0.2, 0.25) is 0 Å². The van der Waals surface area contributed by atoms with Gasteiger partial charge in [-0.05, 0) is 32.6 Å². The molecule has 0 aromatic rings. The van der Waals surface area contributed by atoms with Crippen LogP contribution in [0.3, 0.4) is 0 Å². The van der Waals surface area contributed by atoms with Gasteiger partial charge in [-0.3, -0.25) is 0 Å². The van der Waals surface area contributed by atoms with Crippen molar-refractivity contribution in [1.29, 1.82) is 0 Å². The summed E-state index contributed by atoms with van der Waals surface area (Å²) in [5, 5.41) is 0.151. The second kappa shape index (κ2) is 8.34. The molecule has 1 aliphatic rings. The van der Waals surface area contributed by atoms with Crippen molar-refractivity contribution in [2.45, 2.75) is 61.9 Å². The summed E-state index contributed by atoms with van der Waals surface area (Å²) in [5.74, 6) is 0. The van der Waals surface area contributed by atoms with E-state index in [2.05, 4.69) is 47.2 Å². The lowest BCUT2D eigenvalue weighted by molar-refractivity contribution is 0.0472. The molecule has 0 unspecified atom stereocenters. The van der Waals surface area contributed by atoms with Gasteiger partial charge in [-0.2, -0.15) is 0 Å². The second-order valence-electron chi connectivity index (χ2n) is 4.40. The fourth-order valence-electron chi connectivity index (χ4n) is 1.98. The molecule has 1 rings (SSSR count). The Morgan fingerprint density at radius 1 is 1.41 bits per heavy atom. The van der Waals surface area contributed by atoms with E-state index in [1.54, 1.807) is 0 Å². The molecule has 98 valence electrons. The summed E-state index contributed by atoms with van der Waals surface area (Å²) in [5.41, 5.74) is 0. The number of rotatable bonds is 6. The molecule has 0 spiro atoms. The fraction of sp³-hybridized carbons (Fsp3) is 0.714. The van der Waals surface area contributed by atoms with Gasteiger partial charge in [-0.1, -0.05) is 47.2 Å². The van der Waals surface area contributed by atoms with Crippen molar-refractivity contribution in [2.24, 2.45) is 0 Å². The molecule has 0 saturated carbocycles. The van der Waals surface area contributed by atoms with Gasteiger partial charge in [0, 0.05) is 4.83 Å². The summed E-state index contributed by atoms with van der Waals surface area (Å²) in [6.45, 7) is 4.20. The molecular weight excluding hydrogens is 300 g/mol. The smallest absolute Gasteiger partial charge is 0.0778 e. The van der Waals surface area contributed by atoms with E-state index < -0.39 is 0 Å². The second-order valence-corrected chi connectivity index (χ2v) is 6.14. The maximum absolute atomic E-state index is 6.32. The Hall–Kier alpha value is 0.210. The molecule has 17 heavy (non-hydrogen) atoms. The van der Waals surface area contributed by atoms with Crippen molar-refractivity contribution >= 4 is 27.5 Å². The van der Waals surface area contributed by atoms with E-state index in [1.165, 1.54) is 0 Å². The number of hydrogen-bond donors (Lipinski definition) is 0. The molecule has 1 saturated heterocycles. The van der Waals surface area contributed by atoms with Crippen LogP contribution in [-0.4, -0.2) is 22.4 Å². The first kappa shape index (κ1) is 15.3. The summed E-state index contributed by atoms with van der Waals surface area (Å²) < 4.78 is 5.98. The summed E-state index contributed by atoms with van der Waals surface area (Å²) in [6, 6.07) is 0. The third kappa shape index (κ3) is 5.15. The molecule has 0 bridgehead atoms. The monoisotopic (exact) mass is 320 g/mol. The van der Waals surface area contributed by atoms with Crippen molar-refractivity contribution in [2.75, 3.05) is 0 Å². The number of alkyl halides is 2. The molecule has 0 amide bonds. The van der Waals surface area contributed by atoms with Gasteiger partial charge in [0.1, 0.15) is 0 Å². The van der Waals surface area contributed by atoms with Crippen LogP contribution in [0.1, 0.15) is 39.5 Å². The Kier molecular flexibility index (Phi) is 7.49. The number of ether oxygens (including phenoxy) is 1. The minimum atomic E-state index is 0.151. The lowest BCUT2D eigenvalue weighted by atomic mass is 10.1. The normalized spacial score (nSPS) is 31.6. The highest BCUT2D eigenvalue weighted by molar-refractivity contribution is 9.09. The first-order chi connectivity index (χ1) is 8.19. The number of halogens is 2. The van der Waals surface area contributed by atoms with E-state index in [9.17, 15) is 0 Å². The molecule has 4 atom stereocenters. The van der Waals surface area contributed by atoms with E-state index in [4.69, 9.17) is 16.3 Å². The Labute approximate surface area is 118 Å². The van der Waals surface area contributed by atoms with E-state index in [0.29, 0.717) is 4.83 Å².